The monoisotopic (exact) mass is 374 g/mol. The summed E-state index contributed by atoms with van der Waals surface area (Å²) in [6.07, 6.45) is 9.93. The van der Waals surface area contributed by atoms with Crippen LogP contribution in [0.2, 0.25) is 0 Å². The first-order valence-electron chi connectivity index (χ1n) is 9.77. The topological polar surface area (TPSA) is 44.1 Å². The molecule has 1 aromatic carbocycles. The zero-order valence-corrected chi connectivity index (χ0v) is 16.7. The minimum Gasteiger partial charge on any atom is -0.465 e. The fourth-order valence-electron chi connectivity index (χ4n) is 3.78. The zero-order valence-electron chi connectivity index (χ0n) is 16.7. The third-order valence-corrected chi connectivity index (χ3v) is 5.67. The number of esters is 1. The molecule has 4 nitrogen and oxygen atoms in total. The van der Waals surface area contributed by atoms with Gasteiger partial charge in [0.1, 0.15) is 5.65 Å². The van der Waals surface area contributed by atoms with Gasteiger partial charge in [-0.05, 0) is 65.6 Å². The van der Waals surface area contributed by atoms with Gasteiger partial charge < -0.3 is 9.30 Å². The van der Waals surface area contributed by atoms with Crippen LogP contribution in [-0.2, 0) is 11.3 Å². The molecule has 0 amide bonds. The number of carbonyl (C=O) groups is 1. The van der Waals surface area contributed by atoms with Crippen molar-refractivity contribution < 1.29 is 9.53 Å². The molecule has 1 aliphatic rings. The largest absolute Gasteiger partial charge is 0.465 e. The van der Waals surface area contributed by atoms with Crippen LogP contribution < -0.4 is 0 Å². The summed E-state index contributed by atoms with van der Waals surface area (Å²) in [5.74, 6) is -0.312. The van der Waals surface area contributed by atoms with Gasteiger partial charge in [-0.3, -0.25) is 0 Å². The van der Waals surface area contributed by atoms with Gasteiger partial charge in [-0.15, -0.1) is 0 Å². The molecular weight excluding hydrogens is 348 g/mol. The van der Waals surface area contributed by atoms with E-state index in [9.17, 15) is 4.79 Å². The van der Waals surface area contributed by atoms with Gasteiger partial charge >= 0.3 is 5.97 Å². The van der Waals surface area contributed by atoms with Crippen molar-refractivity contribution in [2.75, 3.05) is 7.11 Å². The lowest BCUT2D eigenvalue weighted by atomic mass is 9.77. The second-order valence-corrected chi connectivity index (χ2v) is 8.37. The van der Waals surface area contributed by atoms with Crippen molar-refractivity contribution in [2.24, 2.45) is 5.41 Å². The molecule has 2 heterocycles. The second-order valence-electron chi connectivity index (χ2n) is 8.37. The summed E-state index contributed by atoms with van der Waals surface area (Å²) < 4.78 is 6.90. The van der Waals surface area contributed by atoms with E-state index in [1.165, 1.54) is 24.7 Å². The van der Waals surface area contributed by atoms with Crippen molar-refractivity contribution >= 4 is 22.6 Å². The Labute approximate surface area is 165 Å². The quantitative estimate of drug-likeness (QED) is 0.569. The Morgan fingerprint density at radius 2 is 2.00 bits per heavy atom. The Kier molecular flexibility index (Phi) is 4.80. The second kappa shape index (κ2) is 7.27. The van der Waals surface area contributed by atoms with E-state index >= 15 is 0 Å². The number of allylic oxidation sites excluding steroid dienone is 2. The first-order chi connectivity index (χ1) is 13.4. The van der Waals surface area contributed by atoms with Gasteiger partial charge in [-0.1, -0.05) is 32.1 Å². The van der Waals surface area contributed by atoms with Crippen molar-refractivity contribution in [1.82, 2.24) is 9.55 Å². The molecule has 28 heavy (non-hydrogen) atoms. The van der Waals surface area contributed by atoms with Crippen LogP contribution in [0, 0.1) is 5.41 Å². The molecule has 0 radical (unpaired) electrons. The molecule has 0 fully saturated rings. The van der Waals surface area contributed by atoms with Crippen LogP contribution >= 0.6 is 0 Å². The van der Waals surface area contributed by atoms with E-state index in [0.29, 0.717) is 17.5 Å². The Morgan fingerprint density at radius 3 is 2.68 bits per heavy atom. The SMILES string of the molecule is COC(=O)c1ccc(Cn2ccc3cc(C4=CCC(C)(C)CC4)cnc32)cc1. The minimum absolute atomic E-state index is 0.312. The van der Waals surface area contributed by atoms with Crippen LogP contribution in [0.5, 0.6) is 0 Å². The molecular formula is C24H26N2O2. The maximum absolute atomic E-state index is 11.6. The lowest BCUT2D eigenvalue weighted by Gasteiger charge is -2.28. The van der Waals surface area contributed by atoms with Crippen LogP contribution in [0.15, 0.2) is 54.9 Å². The molecule has 0 bridgehead atoms. The average molecular weight is 374 g/mol. The van der Waals surface area contributed by atoms with E-state index in [1.54, 1.807) is 12.1 Å². The Bertz CT molecular complexity index is 1040. The van der Waals surface area contributed by atoms with Crippen molar-refractivity contribution in [3.63, 3.8) is 0 Å². The normalized spacial score (nSPS) is 16.0. The molecule has 4 rings (SSSR count). The third kappa shape index (κ3) is 3.72. The number of ether oxygens (including phenoxy) is 1. The molecule has 0 aliphatic heterocycles. The fourth-order valence-corrected chi connectivity index (χ4v) is 3.78. The zero-order chi connectivity index (χ0) is 19.7. The molecule has 0 unspecified atom stereocenters. The van der Waals surface area contributed by atoms with Gasteiger partial charge in [-0.25, -0.2) is 9.78 Å². The van der Waals surface area contributed by atoms with Gasteiger partial charge in [0.2, 0.25) is 0 Å². The molecule has 4 heteroatoms. The summed E-state index contributed by atoms with van der Waals surface area (Å²) in [6.45, 7) is 5.38. The van der Waals surface area contributed by atoms with Gasteiger partial charge in [0.25, 0.3) is 0 Å². The van der Waals surface area contributed by atoms with Gasteiger partial charge in [-0.2, -0.15) is 0 Å². The summed E-state index contributed by atoms with van der Waals surface area (Å²) in [6, 6.07) is 11.9. The number of fused-ring (bicyclic) bond motifs is 1. The summed E-state index contributed by atoms with van der Waals surface area (Å²) in [5, 5.41) is 1.16. The highest BCUT2D eigenvalue weighted by Crippen LogP contribution is 2.38. The molecule has 3 aromatic rings. The maximum atomic E-state index is 11.6. The number of methoxy groups -OCH3 is 1. The highest BCUT2D eigenvalue weighted by molar-refractivity contribution is 5.89. The third-order valence-electron chi connectivity index (χ3n) is 5.67. The van der Waals surface area contributed by atoms with Gasteiger partial charge in [0, 0.05) is 24.3 Å². The molecule has 0 N–H and O–H groups in total. The van der Waals surface area contributed by atoms with E-state index in [2.05, 4.69) is 42.8 Å². The van der Waals surface area contributed by atoms with E-state index in [-0.39, 0.29) is 5.97 Å². The lowest BCUT2D eigenvalue weighted by molar-refractivity contribution is 0.0600. The molecule has 0 saturated heterocycles. The number of pyridine rings is 1. The molecule has 144 valence electrons. The van der Waals surface area contributed by atoms with E-state index in [1.807, 2.05) is 18.3 Å². The Balaban J connectivity index is 1.55. The number of rotatable bonds is 4. The summed E-state index contributed by atoms with van der Waals surface area (Å²) in [5.41, 5.74) is 5.73. The van der Waals surface area contributed by atoms with Crippen molar-refractivity contribution in [1.29, 1.82) is 0 Å². The number of benzene rings is 1. The van der Waals surface area contributed by atoms with Crippen molar-refractivity contribution in [2.45, 2.75) is 39.7 Å². The molecule has 0 atom stereocenters. The number of hydrogen-bond donors (Lipinski definition) is 0. The van der Waals surface area contributed by atoms with Crippen LogP contribution in [-0.4, -0.2) is 22.6 Å². The highest BCUT2D eigenvalue weighted by Gasteiger charge is 2.22. The summed E-state index contributed by atoms with van der Waals surface area (Å²) in [4.78, 5) is 16.3. The smallest absolute Gasteiger partial charge is 0.337 e. The fraction of sp³-hybridized carbons (Fsp3) is 0.333. The van der Waals surface area contributed by atoms with E-state index < -0.39 is 0 Å². The van der Waals surface area contributed by atoms with Crippen LogP contribution in [0.3, 0.4) is 0 Å². The molecule has 1 aliphatic carbocycles. The first kappa shape index (κ1) is 18.5. The predicted molar refractivity (Wildman–Crippen MR) is 112 cm³/mol. The van der Waals surface area contributed by atoms with Crippen molar-refractivity contribution in [3.05, 3.63) is 71.6 Å². The van der Waals surface area contributed by atoms with Crippen molar-refractivity contribution in [3.8, 4) is 0 Å². The van der Waals surface area contributed by atoms with Crippen LogP contribution in [0.1, 0.15) is 54.6 Å². The minimum atomic E-state index is -0.312. The number of aromatic nitrogens is 2. The summed E-state index contributed by atoms with van der Waals surface area (Å²) in [7, 11) is 1.40. The molecule has 0 spiro atoms. The Hall–Kier alpha value is -2.88. The standard InChI is InChI=1S/C24H26N2O2/c1-24(2)11-8-18(9-12-24)21-14-20-10-13-26(22(20)25-15-21)16-17-4-6-19(7-5-17)23(27)28-3/h4-8,10,13-15H,9,11-12,16H2,1-3H3. The first-order valence-corrected chi connectivity index (χ1v) is 9.77. The van der Waals surface area contributed by atoms with E-state index in [4.69, 9.17) is 9.72 Å². The lowest BCUT2D eigenvalue weighted by Crippen LogP contribution is -2.14. The van der Waals surface area contributed by atoms with Gasteiger partial charge in [0.05, 0.1) is 12.7 Å². The average Bonchev–Trinajstić information content (AvgIpc) is 3.10. The van der Waals surface area contributed by atoms with Gasteiger partial charge in [0.15, 0.2) is 0 Å². The summed E-state index contributed by atoms with van der Waals surface area (Å²) >= 11 is 0. The van der Waals surface area contributed by atoms with Crippen LogP contribution in [0.25, 0.3) is 16.6 Å². The molecule has 2 aromatic heterocycles. The van der Waals surface area contributed by atoms with E-state index in [0.717, 1.165) is 29.4 Å². The predicted octanol–water partition coefficient (Wildman–Crippen LogP) is 5.46. The number of carbonyl (C=O) groups excluding carboxylic acids is 1. The number of hydrogen-bond acceptors (Lipinski definition) is 3. The highest BCUT2D eigenvalue weighted by atomic mass is 16.5. The maximum Gasteiger partial charge on any atom is 0.337 e. The molecule has 0 saturated carbocycles. The number of nitrogens with zero attached hydrogens (tertiary/aromatic N) is 2. The van der Waals surface area contributed by atoms with Crippen LogP contribution in [0.4, 0.5) is 0 Å². The Morgan fingerprint density at radius 1 is 1.21 bits per heavy atom.